The lowest BCUT2D eigenvalue weighted by molar-refractivity contribution is -0.0580. The summed E-state index contributed by atoms with van der Waals surface area (Å²) in [6.45, 7) is 13.1. The minimum absolute atomic E-state index is 0.0120. The molecule has 0 aliphatic carbocycles. The van der Waals surface area contributed by atoms with Gasteiger partial charge in [0.05, 0.1) is 57.7 Å². The van der Waals surface area contributed by atoms with Crippen LogP contribution in [0.5, 0.6) is 5.88 Å². The molecule has 0 spiro atoms. The number of fused-ring (bicyclic) bond motifs is 1. The number of nitrogens with zero attached hydrogens (tertiary/aromatic N) is 7. The second kappa shape index (κ2) is 25.8. The Morgan fingerprint density at radius 1 is 0.883 bits per heavy atom. The lowest BCUT2D eigenvalue weighted by atomic mass is 10.2. The van der Waals surface area contributed by atoms with Crippen LogP contribution < -0.4 is 31.7 Å². The number of amides is 1. The summed E-state index contributed by atoms with van der Waals surface area (Å²) >= 11 is 0. The molecule has 0 saturated carbocycles. The lowest BCUT2D eigenvalue weighted by Gasteiger charge is -2.43. The Balaban J connectivity index is 1.27. The Labute approximate surface area is 443 Å². The van der Waals surface area contributed by atoms with Crippen LogP contribution in [-0.2, 0) is 50.4 Å². The molecule has 2 fully saturated rings. The summed E-state index contributed by atoms with van der Waals surface area (Å²) in [4.78, 5) is 64.3. The largest absolute Gasteiger partial charge is 0.475 e. The molecular weight excluding hydrogens is 1060 g/mol. The monoisotopic (exact) mass is 1120 g/mol. The molecule has 3 N–H and O–H groups in total. The summed E-state index contributed by atoms with van der Waals surface area (Å²) in [7, 11) is -13.1. The minimum atomic E-state index is -4.91. The van der Waals surface area contributed by atoms with Crippen molar-refractivity contribution in [3.8, 4) is 18.0 Å². The maximum absolute atomic E-state index is 15.2. The van der Waals surface area contributed by atoms with E-state index in [0.717, 1.165) is 14.9 Å². The van der Waals surface area contributed by atoms with Crippen molar-refractivity contribution >= 4 is 57.5 Å². The molecule has 77 heavy (non-hydrogen) atoms. The number of aromatic amines is 1. The van der Waals surface area contributed by atoms with E-state index in [-0.39, 0.29) is 74.1 Å². The van der Waals surface area contributed by atoms with E-state index in [1.165, 1.54) is 31.6 Å². The molecular formula is C49H59N9O16P2Si. The maximum Gasteiger partial charge on any atom is 0.475 e. The number of hydrogen-bond acceptors (Lipinski definition) is 20. The number of carbonyl (C=O) groups is 1. The van der Waals surface area contributed by atoms with Gasteiger partial charge in [-0.2, -0.15) is 20.5 Å². The number of phosphoric ester groups is 2. The maximum atomic E-state index is 15.2. The normalized spacial score (nSPS) is 21.1. The Bertz CT molecular complexity index is 3140. The van der Waals surface area contributed by atoms with Gasteiger partial charge in [-0.05, 0) is 22.3 Å². The van der Waals surface area contributed by atoms with Gasteiger partial charge in [0.15, 0.2) is 11.2 Å². The van der Waals surface area contributed by atoms with Gasteiger partial charge in [-0.25, -0.2) is 23.7 Å². The number of ether oxygens (including phenoxy) is 4. The third-order valence-corrected chi connectivity index (χ3v) is 19.7. The Morgan fingerprint density at radius 2 is 1.48 bits per heavy atom. The van der Waals surface area contributed by atoms with Crippen molar-refractivity contribution in [1.82, 2.24) is 29.1 Å². The fourth-order valence-electron chi connectivity index (χ4n) is 8.73. The molecule has 25 nitrogen and oxygen atoms in total. The smallest absolute Gasteiger partial charge is 0.472 e. The van der Waals surface area contributed by atoms with E-state index >= 15 is 4.57 Å². The molecule has 7 rings (SSSR count). The zero-order valence-electron chi connectivity index (χ0n) is 42.6. The molecule has 410 valence electrons. The predicted octanol–water partition coefficient (Wildman–Crippen LogP) is 5.99. The van der Waals surface area contributed by atoms with Gasteiger partial charge in [0.25, 0.3) is 13.9 Å². The summed E-state index contributed by atoms with van der Waals surface area (Å²) in [5.41, 5.74) is -1.06. The van der Waals surface area contributed by atoms with Crippen LogP contribution in [0.3, 0.4) is 0 Å². The number of phosphoric acid groups is 2. The van der Waals surface area contributed by atoms with Gasteiger partial charge in [0.2, 0.25) is 11.8 Å². The summed E-state index contributed by atoms with van der Waals surface area (Å²) in [5.74, 6) is -0.224. The third-order valence-electron chi connectivity index (χ3n) is 12.1. The molecule has 1 amide bonds. The molecule has 0 bridgehead atoms. The van der Waals surface area contributed by atoms with Gasteiger partial charge in [0, 0.05) is 24.6 Å². The van der Waals surface area contributed by atoms with Crippen molar-refractivity contribution in [2.24, 2.45) is 0 Å². The van der Waals surface area contributed by atoms with Crippen LogP contribution in [0.25, 0.3) is 11.2 Å². The zero-order chi connectivity index (χ0) is 55.4. The van der Waals surface area contributed by atoms with Crippen LogP contribution in [0.2, 0.25) is 5.04 Å². The van der Waals surface area contributed by atoms with Crippen LogP contribution in [0.15, 0.2) is 108 Å². The average Bonchev–Trinajstić information content (AvgIpc) is 4.24. The van der Waals surface area contributed by atoms with Gasteiger partial charge in [-0.15, -0.1) is 0 Å². The van der Waals surface area contributed by atoms with Crippen molar-refractivity contribution in [3.63, 3.8) is 0 Å². The molecule has 0 radical (unpaired) electrons. The van der Waals surface area contributed by atoms with Crippen molar-refractivity contribution in [2.45, 2.75) is 95.3 Å². The van der Waals surface area contributed by atoms with Crippen LogP contribution in [0.1, 0.15) is 64.5 Å². The lowest BCUT2D eigenvalue weighted by Crippen LogP contribution is -2.67. The van der Waals surface area contributed by atoms with E-state index in [1.54, 1.807) is 10.6 Å². The number of nitrogens with one attached hydrogen (secondary N) is 2. The van der Waals surface area contributed by atoms with Crippen molar-refractivity contribution in [2.75, 3.05) is 45.0 Å². The highest BCUT2D eigenvalue weighted by Crippen LogP contribution is 2.55. The summed E-state index contributed by atoms with van der Waals surface area (Å²) in [6.07, 6.45) is -3.61. The number of benzene rings is 2. The minimum Gasteiger partial charge on any atom is -0.472 e. The first-order chi connectivity index (χ1) is 36.8. The highest BCUT2D eigenvalue weighted by molar-refractivity contribution is 7.48. The quantitative estimate of drug-likeness (QED) is 0.0248. The highest BCUT2D eigenvalue weighted by atomic mass is 31.2. The first kappa shape index (κ1) is 58.2. The molecule has 2 aromatic carbocycles. The fourth-order valence-corrected chi connectivity index (χ4v) is 15.6. The van der Waals surface area contributed by atoms with Crippen molar-refractivity contribution in [3.05, 3.63) is 125 Å². The third kappa shape index (κ3) is 14.2. The fraction of sp³-hybridized carbons (Fsp3) is 0.429. The van der Waals surface area contributed by atoms with E-state index in [1.807, 2.05) is 66.7 Å². The first-order valence-electron chi connectivity index (χ1n) is 24.2. The highest BCUT2D eigenvalue weighted by Gasteiger charge is 2.53. The SMILES string of the molecule is C=CCOC(=O)Nc1nc(OCC=C)c2ncn([C@H]3C[C@H](OP(=O)(OCCC#N)OC[C@H]4O[C@@H](n5cc(C)c(=O)[nH]c5=O)C[C@@H]4OP(=O)(O)OCCC#N)[C@@H](CO[Si](c4ccccc4)(c4ccccc4)C(C)(C)C)O3)c2n1. The molecule has 2 aliphatic heterocycles. The Kier molecular flexibility index (Phi) is 19.5. The topological polar surface area (TPSA) is 322 Å². The number of anilines is 1. The zero-order valence-corrected chi connectivity index (χ0v) is 45.4. The van der Waals surface area contributed by atoms with E-state index in [9.17, 15) is 29.1 Å². The summed E-state index contributed by atoms with van der Waals surface area (Å²) in [5, 5.41) is 22.4. The Morgan fingerprint density at radius 3 is 2.09 bits per heavy atom. The number of hydrogen-bond donors (Lipinski definition) is 3. The van der Waals surface area contributed by atoms with Gasteiger partial charge >= 0.3 is 27.4 Å². The number of nitriles is 2. The number of rotatable bonds is 26. The summed E-state index contributed by atoms with van der Waals surface area (Å²) in [6, 6.07) is 23.3. The number of H-pyrrole nitrogens is 1. The standard InChI is InChI=1S/C49H59N9O16P2Si/c1-7-23-65-45-42-43(53-46(55-45)56-48(61)66-24-8-2)58(32-52-42)41-28-37(39(72-41)31-70-77(49(4,5)6,34-17-11-9-12-18-34)35-19-13-10-14-20-35)74-76(64,68-26-16-22-51)69-30-38-36(73-75(62,63)67-25-15-21-50)27-40(71-38)57-29-33(3)44(59)54-47(57)60/h7-14,17-20,29,32,36-41H,1-2,15-16,23-28,30-31H2,3-6H3,(H,62,63)(H,54,59,60)(H,53,55,56,61)/t36-,37-,38+,39+,40+,41+,76?/m0/s1. The van der Waals surface area contributed by atoms with Crippen LogP contribution >= 0.6 is 15.6 Å². The molecule has 28 heteroatoms. The van der Waals surface area contributed by atoms with Crippen LogP contribution in [0, 0.1) is 29.6 Å². The van der Waals surface area contributed by atoms with E-state index in [0.29, 0.717) is 0 Å². The van der Waals surface area contributed by atoms with Crippen LogP contribution in [-0.4, -0.2) is 112 Å². The van der Waals surface area contributed by atoms with E-state index in [4.69, 9.17) is 51.3 Å². The molecule has 8 atom stereocenters. The number of imidazole rings is 1. The van der Waals surface area contributed by atoms with Crippen molar-refractivity contribution < 1.29 is 64.8 Å². The van der Waals surface area contributed by atoms with E-state index < -0.39 is 103 Å². The predicted molar refractivity (Wildman–Crippen MR) is 278 cm³/mol. The average molecular weight is 1120 g/mol. The molecule has 2 saturated heterocycles. The molecule has 2 aliphatic rings. The number of carbonyl (C=O) groups excluding carboxylic acids is 1. The first-order valence-corrected chi connectivity index (χ1v) is 29.1. The molecule has 3 aromatic heterocycles. The van der Waals surface area contributed by atoms with Crippen molar-refractivity contribution in [1.29, 1.82) is 10.5 Å². The van der Waals surface area contributed by atoms with Gasteiger partial charge in [-0.1, -0.05) is 107 Å². The molecule has 5 aromatic rings. The number of aryl methyl sites for hydroxylation is 1. The van der Waals surface area contributed by atoms with Gasteiger partial charge < -0.3 is 28.3 Å². The van der Waals surface area contributed by atoms with Gasteiger partial charge in [-0.3, -0.25) is 46.8 Å². The number of aromatic nitrogens is 6. The van der Waals surface area contributed by atoms with Gasteiger partial charge in [0.1, 0.15) is 50.1 Å². The molecule has 2 unspecified atom stereocenters. The second-order valence-electron chi connectivity index (χ2n) is 18.5. The summed E-state index contributed by atoms with van der Waals surface area (Å²) < 4.78 is 91.0. The molecule has 5 heterocycles. The van der Waals surface area contributed by atoms with Crippen LogP contribution in [0.4, 0.5) is 10.7 Å². The van der Waals surface area contributed by atoms with E-state index in [2.05, 4.69) is 59.2 Å². The Hall–Kier alpha value is -6.48. The second-order valence-corrected chi connectivity index (χ2v) is 25.8.